The molecule has 2 N–H and O–H groups in total. The van der Waals surface area contributed by atoms with Crippen molar-refractivity contribution in [1.82, 2.24) is 0 Å². The van der Waals surface area contributed by atoms with Gasteiger partial charge in [-0.25, -0.2) is 0 Å². The molecule has 0 aromatic rings. The van der Waals surface area contributed by atoms with Crippen LogP contribution in [-0.2, 0) is 9.59 Å². The normalized spacial score (nSPS) is 11.8. The van der Waals surface area contributed by atoms with E-state index in [0.717, 1.165) is 64.2 Å². The monoisotopic (exact) mass is 693 g/mol. The number of carbonyl (C=O) groups is 2. The Morgan fingerprint density at radius 2 is 0.531 bits per heavy atom. The molecule has 0 amide bonds. The maximum Gasteiger partial charge on any atom is 0.309 e. The first-order valence-electron chi connectivity index (χ1n) is 22.4. The van der Waals surface area contributed by atoms with Crippen molar-refractivity contribution >= 4 is 11.9 Å². The summed E-state index contributed by atoms with van der Waals surface area (Å²) in [5.41, 5.74) is -0.585. The maximum absolute atomic E-state index is 12.7. The van der Waals surface area contributed by atoms with E-state index in [-0.39, 0.29) is 6.42 Å². The third-order valence-corrected chi connectivity index (χ3v) is 11.3. The minimum Gasteiger partial charge on any atom is -0.481 e. The molecule has 0 aromatic heterocycles. The van der Waals surface area contributed by atoms with E-state index in [2.05, 4.69) is 13.8 Å². The molecule has 4 nitrogen and oxygen atoms in total. The summed E-state index contributed by atoms with van der Waals surface area (Å²) in [5, 5.41) is 19.4. The lowest BCUT2D eigenvalue weighted by molar-refractivity contribution is -0.150. The maximum atomic E-state index is 12.7. The zero-order valence-electron chi connectivity index (χ0n) is 33.5. The average Bonchev–Trinajstić information content (AvgIpc) is 3.08. The Balaban J connectivity index is 4.19. The van der Waals surface area contributed by atoms with Crippen LogP contribution in [0.5, 0.6) is 0 Å². The summed E-state index contributed by atoms with van der Waals surface area (Å²) in [6.07, 6.45) is 48.9. The van der Waals surface area contributed by atoms with Crippen LogP contribution in [0.1, 0.15) is 271 Å². The SMILES string of the molecule is CCCCCCCCCCCCCCCCCCC(CCCCCCCCCCCCCCCCCC)(CCCCCCC(=O)O)C(=O)O. The Hall–Kier alpha value is -1.06. The Morgan fingerprint density at radius 1 is 0.327 bits per heavy atom. The summed E-state index contributed by atoms with van der Waals surface area (Å²) in [6, 6.07) is 0. The van der Waals surface area contributed by atoms with E-state index >= 15 is 0 Å². The molecule has 0 saturated carbocycles. The standard InChI is InChI=1S/C45H88O4/c1-3-5-7-9-11-13-15-17-19-21-23-25-27-29-32-36-40-45(44(48)49,42-38-34-31-35-39-43(46)47)41-37-33-30-28-26-24-22-20-18-16-14-12-10-8-6-4-2/h3-42H2,1-2H3,(H,46,47)(H,48,49). The van der Waals surface area contributed by atoms with Gasteiger partial charge in [0, 0.05) is 6.42 Å². The van der Waals surface area contributed by atoms with Gasteiger partial charge in [0.25, 0.3) is 0 Å². The predicted octanol–water partition coefficient (Wildman–Crippen LogP) is 15.8. The lowest BCUT2D eigenvalue weighted by atomic mass is 9.74. The van der Waals surface area contributed by atoms with E-state index in [9.17, 15) is 14.7 Å². The number of carboxylic acid groups (broad SMARTS) is 2. The Labute approximate surface area is 307 Å². The van der Waals surface area contributed by atoms with Gasteiger partial charge in [0.05, 0.1) is 5.41 Å². The van der Waals surface area contributed by atoms with Crippen molar-refractivity contribution in [3.63, 3.8) is 0 Å². The van der Waals surface area contributed by atoms with E-state index in [0.29, 0.717) is 6.42 Å². The highest BCUT2D eigenvalue weighted by Gasteiger charge is 2.36. The van der Waals surface area contributed by atoms with Crippen molar-refractivity contribution in [2.75, 3.05) is 0 Å². The van der Waals surface area contributed by atoms with Gasteiger partial charge in [0.15, 0.2) is 0 Å². The zero-order valence-corrected chi connectivity index (χ0v) is 33.5. The van der Waals surface area contributed by atoms with Gasteiger partial charge in [0.1, 0.15) is 0 Å². The molecular formula is C45H88O4. The van der Waals surface area contributed by atoms with Crippen LogP contribution in [0.3, 0.4) is 0 Å². The van der Waals surface area contributed by atoms with Crippen LogP contribution in [0.4, 0.5) is 0 Å². The average molecular weight is 693 g/mol. The first-order chi connectivity index (χ1) is 24.0. The molecule has 0 saturated heterocycles. The first-order valence-corrected chi connectivity index (χ1v) is 22.4. The molecule has 292 valence electrons. The molecule has 0 bridgehead atoms. The summed E-state index contributed by atoms with van der Waals surface area (Å²) in [4.78, 5) is 23.6. The lowest BCUT2D eigenvalue weighted by Crippen LogP contribution is -2.31. The van der Waals surface area contributed by atoms with E-state index < -0.39 is 17.4 Å². The zero-order chi connectivity index (χ0) is 35.9. The third kappa shape index (κ3) is 33.8. The van der Waals surface area contributed by atoms with Crippen LogP contribution in [0.15, 0.2) is 0 Å². The minimum atomic E-state index is -0.730. The van der Waals surface area contributed by atoms with E-state index in [4.69, 9.17) is 5.11 Å². The molecule has 0 spiro atoms. The fraction of sp³-hybridized carbons (Fsp3) is 0.956. The summed E-state index contributed by atoms with van der Waals surface area (Å²) in [6.45, 7) is 4.57. The molecule has 0 atom stereocenters. The van der Waals surface area contributed by atoms with Gasteiger partial charge in [-0.1, -0.05) is 239 Å². The number of rotatable bonds is 42. The highest BCUT2D eigenvalue weighted by molar-refractivity contribution is 5.74. The molecular weight excluding hydrogens is 604 g/mol. The first kappa shape index (κ1) is 47.9. The molecule has 0 rings (SSSR count). The highest BCUT2D eigenvalue weighted by atomic mass is 16.4. The number of hydrogen-bond acceptors (Lipinski definition) is 2. The Bertz CT molecular complexity index is 654. The molecule has 49 heavy (non-hydrogen) atoms. The van der Waals surface area contributed by atoms with Crippen LogP contribution in [-0.4, -0.2) is 22.2 Å². The summed E-state index contributed by atoms with van der Waals surface area (Å²) in [5.74, 6) is -1.31. The van der Waals surface area contributed by atoms with Crippen LogP contribution in [0.2, 0.25) is 0 Å². The third-order valence-electron chi connectivity index (χ3n) is 11.3. The molecule has 0 aliphatic rings. The smallest absolute Gasteiger partial charge is 0.309 e. The van der Waals surface area contributed by atoms with E-state index in [1.165, 1.54) is 180 Å². The van der Waals surface area contributed by atoms with Gasteiger partial charge < -0.3 is 10.2 Å². The van der Waals surface area contributed by atoms with Crippen molar-refractivity contribution in [3.05, 3.63) is 0 Å². The fourth-order valence-electron chi connectivity index (χ4n) is 7.81. The quantitative estimate of drug-likeness (QED) is 0.0624. The summed E-state index contributed by atoms with van der Waals surface area (Å²) < 4.78 is 0. The van der Waals surface area contributed by atoms with Crippen LogP contribution >= 0.6 is 0 Å². The summed E-state index contributed by atoms with van der Waals surface area (Å²) in [7, 11) is 0. The van der Waals surface area contributed by atoms with Crippen molar-refractivity contribution in [3.8, 4) is 0 Å². The molecule has 0 radical (unpaired) electrons. The second-order valence-corrected chi connectivity index (χ2v) is 16.0. The van der Waals surface area contributed by atoms with Crippen molar-refractivity contribution in [1.29, 1.82) is 0 Å². The topological polar surface area (TPSA) is 74.6 Å². The number of unbranched alkanes of at least 4 members (excludes halogenated alkanes) is 33. The molecule has 0 aliphatic carbocycles. The Morgan fingerprint density at radius 3 is 0.735 bits per heavy atom. The van der Waals surface area contributed by atoms with Crippen molar-refractivity contribution in [2.45, 2.75) is 271 Å². The van der Waals surface area contributed by atoms with Gasteiger partial charge in [-0.05, 0) is 25.7 Å². The van der Waals surface area contributed by atoms with Crippen LogP contribution < -0.4 is 0 Å². The van der Waals surface area contributed by atoms with Gasteiger partial charge >= 0.3 is 11.9 Å². The molecule has 4 heteroatoms. The number of carboxylic acids is 2. The minimum absolute atomic E-state index is 0.225. The second-order valence-electron chi connectivity index (χ2n) is 16.0. The van der Waals surface area contributed by atoms with Crippen molar-refractivity contribution in [2.24, 2.45) is 5.41 Å². The van der Waals surface area contributed by atoms with E-state index in [1.807, 2.05) is 0 Å². The predicted molar refractivity (Wildman–Crippen MR) is 214 cm³/mol. The molecule has 0 heterocycles. The molecule has 0 unspecified atom stereocenters. The van der Waals surface area contributed by atoms with E-state index in [1.54, 1.807) is 0 Å². The summed E-state index contributed by atoms with van der Waals surface area (Å²) >= 11 is 0. The molecule has 0 aromatic carbocycles. The lowest BCUT2D eigenvalue weighted by Gasteiger charge is -2.30. The van der Waals surface area contributed by atoms with Gasteiger partial charge in [0.2, 0.25) is 0 Å². The molecule has 0 aliphatic heterocycles. The van der Waals surface area contributed by atoms with Gasteiger partial charge in [-0.15, -0.1) is 0 Å². The van der Waals surface area contributed by atoms with Gasteiger partial charge in [-0.2, -0.15) is 0 Å². The van der Waals surface area contributed by atoms with Crippen molar-refractivity contribution < 1.29 is 19.8 Å². The Kier molecular flexibility index (Phi) is 37.4. The highest BCUT2D eigenvalue weighted by Crippen LogP contribution is 2.38. The molecule has 0 fully saturated rings. The number of aliphatic carboxylic acids is 2. The number of hydrogen-bond donors (Lipinski definition) is 2. The van der Waals surface area contributed by atoms with Crippen LogP contribution in [0, 0.1) is 5.41 Å². The fourth-order valence-corrected chi connectivity index (χ4v) is 7.81. The second kappa shape index (κ2) is 38.2. The van der Waals surface area contributed by atoms with Gasteiger partial charge in [-0.3, -0.25) is 9.59 Å². The van der Waals surface area contributed by atoms with Crippen LogP contribution in [0.25, 0.3) is 0 Å². The largest absolute Gasteiger partial charge is 0.481 e.